The molecule has 1 heterocycles. The van der Waals surface area contributed by atoms with Crippen molar-refractivity contribution in [2.24, 2.45) is 4.99 Å². The first-order valence-electron chi connectivity index (χ1n) is 5.87. The van der Waals surface area contributed by atoms with Crippen LogP contribution in [-0.4, -0.2) is 11.5 Å². The van der Waals surface area contributed by atoms with E-state index in [1.165, 1.54) is 6.07 Å². The molecule has 0 atom stereocenters. The monoisotopic (exact) mass is 275 g/mol. The molecule has 5 heteroatoms. The van der Waals surface area contributed by atoms with Gasteiger partial charge in [0.15, 0.2) is 0 Å². The van der Waals surface area contributed by atoms with E-state index in [0.717, 1.165) is 12.1 Å². The number of alkyl halides is 3. The van der Waals surface area contributed by atoms with Gasteiger partial charge in [0.1, 0.15) is 5.71 Å². The molecular weight excluding hydrogens is 267 g/mol. The Labute approximate surface area is 112 Å². The zero-order valence-electron chi connectivity index (χ0n) is 10.1. The fraction of sp³-hybridized carbons (Fsp3) is 0.0667. The summed E-state index contributed by atoms with van der Waals surface area (Å²) in [6, 6.07) is 11.7. The first kappa shape index (κ1) is 12.6. The Morgan fingerprint density at radius 3 is 2.30 bits per heavy atom. The van der Waals surface area contributed by atoms with Crippen molar-refractivity contribution in [3.05, 3.63) is 65.2 Å². The van der Waals surface area contributed by atoms with Crippen LogP contribution in [0.15, 0.2) is 53.5 Å². The van der Waals surface area contributed by atoms with Gasteiger partial charge in [-0.2, -0.15) is 13.2 Å². The van der Waals surface area contributed by atoms with E-state index in [-0.39, 0.29) is 17.0 Å². The number of fused-ring (bicyclic) bond motifs is 1. The second kappa shape index (κ2) is 4.30. The molecule has 2 aromatic carbocycles. The summed E-state index contributed by atoms with van der Waals surface area (Å²) in [6.07, 6.45) is -4.47. The van der Waals surface area contributed by atoms with Crippen molar-refractivity contribution < 1.29 is 18.0 Å². The Kier molecular flexibility index (Phi) is 2.71. The molecular formula is C15H8F3NO. The topological polar surface area (TPSA) is 29.4 Å². The summed E-state index contributed by atoms with van der Waals surface area (Å²) < 4.78 is 38.0. The Balaban J connectivity index is 2.05. The molecule has 2 aromatic rings. The molecule has 3 rings (SSSR count). The third kappa shape index (κ3) is 2.01. The van der Waals surface area contributed by atoms with Gasteiger partial charge in [0, 0.05) is 5.56 Å². The van der Waals surface area contributed by atoms with E-state index in [1.807, 2.05) is 0 Å². The molecule has 0 aromatic heterocycles. The second-order valence-corrected chi connectivity index (χ2v) is 4.39. The largest absolute Gasteiger partial charge is 0.416 e. The fourth-order valence-corrected chi connectivity index (χ4v) is 2.08. The van der Waals surface area contributed by atoms with Gasteiger partial charge in [-0.25, -0.2) is 4.99 Å². The van der Waals surface area contributed by atoms with Crippen LogP contribution < -0.4 is 0 Å². The van der Waals surface area contributed by atoms with Crippen LogP contribution in [0.1, 0.15) is 21.5 Å². The van der Waals surface area contributed by atoms with Crippen molar-refractivity contribution in [1.82, 2.24) is 0 Å². The molecule has 0 bridgehead atoms. The number of carbonyl (C=O) groups is 1. The minimum absolute atomic E-state index is 0.00122. The van der Waals surface area contributed by atoms with Gasteiger partial charge in [-0.3, -0.25) is 4.79 Å². The predicted octanol–water partition coefficient (Wildman–Crippen LogP) is 4.02. The molecule has 20 heavy (non-hydrogen) atoms. The Bertz CT molecular complexity index is 718. The van der Waals surface area contributed by atoms with E-state index in [4.69, 9.17) is 0 Å². The number of rotatable bonds is 1. The van der Waals surface area contributed by atoms with Crippen LogP contribution >= 0.6 is 0 Å². The lowest BCUT2D eigenvalue weighted by molar-refractivity contribution is -0.137. The molecule has 1 aliphatic rings. The molecule has 0 radical (unpaired) electrons. The average molecular weight is 275 g/mol. The highest BCUT2D eigenvalue weighted by Gasteiger charge is 2.34. The van der Waals surface area contributed by atoms with Crippen LogP contribution in [0.5, 0.6) is 0 Å². The van der Waals surface area contributed by atoms with Gasteiger partial charge in [-0.05, 0) is 18.2 Å². The average Bonchev–Trinajstić information content (AvgIpc) is 2.76. The molecule has 0 fully saturated rings. The van der Waals surface area contributed by atoms with Crippen molar-refractivity contribution in [2.75, 3.05) is 0 Å². The summed E-state index contributed by atoms with van der Waals surface area (Å²) in [4.78, 5) is 16.3. The van der Waals surface area contributed by atoms with Crippen molar-refractivity contribution in [2.45, 2.75) is 6.18 Å². The van der Waals surface area contributed by atoms with Gasteiger partial charge in [-0.1, -0.05) is 30.3 Å². The first-order chi connectivity index (χ1) is 9.47. The van der Waals surface area contributed by atoms with E-state index in [2.05, 4.69) is 4.99 Å². The third-order valence-electron chi connectivity index (χ3n) is 3.06. The fourth-order valence-electron chi connectivity index (χ4n) is 2.08. The minimum Gasteiger partial charge on any atom is -0.287 e. The van der Waals surface area contributed by atoms with E-state index in [0.29, 0.717) is 5.56 Å². The number of nitrogens with zero attached hydrogens (tertiary/aromatic N) is 1. The molecule has 0 aliphatic carbocycles. The van der Waals surface area contributed by atoms with E-state index in [1.54, 1.807) is 30.3 Å². The number of aliphatic imine (C=N–C) groups is 1. The van der Waals surface area contributed by atoms with Gasteiger partial charge >= 0.3 is 6.18 Å². The Morgan fingerprint density at radius 1 is 0.950 bits per heavy atom. The van der Waals surface area contributed by atoms with Crippen molar-refractivity contribution in [3.63, 3.8) is 0 Å². The summed E-state index contributed by atoms with van der Waals surface area (Å²) in [5.74, 6) is -0.475. The maximum atomic E-state index is 12.7. The first-order valence-corrected chi connectivity index (χ1v) is 5.87. The summed E-state index contributed by atoms with van der Waals surface area (Å²) in [6.45, 7) is 0. The maximum absolute atomic E-state index is 12.7. The van der Waals surface area contributed by atoms with E-state index >= 15 is 0 Å². The molecule has 2 nitrogen and oxygen atoms in total. The van der Waals surface area contributed by atoms with Crippen molar-refractivity contribution in [3.8, 4) is 0 Å². The van der Waals surface area contributed by atoms with Gasteiger partial charge in [0.25, 0.3) is 0 Å². The van der Waals surface area contributed by atoms with Crippen LogP contribution in [0.25, 0.3) is 0 Å². The predicted molar refractivity (Wildman–Crippen MR) is 68.4 cm³/mol. The number of carbonyl (C=O) groups excluding carboxylic acids is 1. The standard InChI is InChI=1S/C15H8F3NO/c16-15(17,18)10-6-7-12-11(8-10)14(20)13(19-12)9-4-2-1-3-5-9/h1-8H. The number of hydrogen-bond acceptors (Lipinski definition) is 2. The van der Waals surface area contributed by atoms with Crippen LogP contribution in [0.2, 0.25) is 0 Å². The lowest BCUT2D eigenvalue weighted by atomic mass is 10.0. The quantitative estimate of drug-likeness (QED) is 0.772. The van der Waals surface area contributed by atoms with Crippen LogP contribution in [-0.2, 0) is 6.18 Å². The van der Waals surface area contributed by atoms with Crippen LogP contribution in [0.4, 0.5) is 18.9 Å². The molecule has 0 saturated heterocycles. The minimum atomic E-state index is -4.47. The second-order valence-electron chi connectivity index (χ2n) is 4.39. The van der Waals surface area contributed by atoms with Crippen molar-refractivity contribution >= 4 is 17.2 Å². The van der Waals surface area contributed by atoms with E-state index < -0.39 is 17.5 Å². The highest BCUT2D eigenvalue weighted by Crippen LogP contribution is 2.35. The number of hydrogen-bond donors (Lipinski definition) is 0. The molecule has 0 spiro atoms. The molecule has 1 aliphatic heterocycles. The van der Waals surface area contributed by atoms with Crippen molar-refractivity contribution in [1.29, 1.82) is 0 Å². The molecule has 0 amide bonds. The zero-order valence-corrected chi connectivity index (χ0v) is 10.1. The summed E-state index contributed by atoms with van der Waals surface area (Å²) in [7, 11) is 0. The number of halogens is 3. The smallest absolute Gasteiger partial charge is 0.287 e. The Hall–Kier alpha value is -2.43. The molecule has 0 saturated carbocycles. The number of Topliss-reactive ketones (excluding diaryl/α,β-unsaturated/α-hetero) is 1. The molecule has 100 valence electrons. The molecule has 0 unspecified atom stereocenters. The summed E-state index contributed by atoms with van der Waals surface area (Å²) in [5.41, 5.74) is 0.219. The number of ketones is 1. The van der Waals surface area contributed by atoms with Crippen LogP contribution in [0, 0.1) is 0 Å². The normalized spacial score (nSPS) is 14.2. The van der Waals surface area contributed by atoms with E-state index in [9.17, 15) is 18.0 Å². The summed E-state index contributed by atoms with van der Waals surface area (Å²) in [5, 5.41) is 0. The highest BCUT2D eigenvalue weighted by molar-refractivity contribution is 6.54. The van der Waals surface area contributed by atoms with Gasteiger partial charge in [-0.15, -0.1) is 0 Å². The lowest BCUT2D eigenvalue weighted by Gasteiger charge is -2.07. The maximum Gasteiger partial charge on any atom is 0.416 e. The van der Waals surface area contributed by atoms with Gasteiger partial charge in [0.2, 0.25) is 5.78 Å². The molecule has 0 N–H and O–H groups in total. The zero-order chi connectivity index (χ0) is 14.3. The lowest BCUT2D eigenvalue weighted by Crippen LogP contribution is -2.12. The third-order valence-corrected chi connectivity index (χ3v) is 3.06. The SMILES string of the molecule is O=C1C(c2ccccc2)=Nc2ccc(C(F)(F)F)cc21. The summed E-state index contributed by atoms with van der Waals surface area (Å²) >= 11 is 0. The number of benzene rings is 2. The van der Waals surface area contributed by atoms with Gasteiger partial charge < -0.3 is 0 Å². The highest BCUT2D eigenvalue weighted by atomic mass is 19.4. The Morgan fingerprint density at radius 2 is 1.65 bits per heavy atom. The van der Waals surface area contributed by atoms with Gasteiger partial charge in [0.05, 0.1) is 16.8 Å². The van der Waals surface area contributed by atoms with Crippen LogP contribution in [0.3, 0.4) is 0 Å².